The summed E-state index contributed by atoms with van der Waals surface area (Å²) in [7, 11) is 1.61. The summed E-state index contributed by atoms with van der Waals surface area (Å²) in [6.45, 7) is -0.295. The lowest BCUT2D eigenvalue weighted by molar-refractivity contribution is -0.148. The molecule has 3 aromatic rings. The Morgan fingerprint density at radius 1 is 1.00 bits per heavy atom. The zero-order chi connectivity index (χ0) is 20.5. The van der Waals surface area contributed by atoms with Crippen LogP contribution in [0.25, 0.3) is 0 Å². The normalized spacial score (nSPS) is 11.5. The summed E-state index contributed by atoms with van der Waals surface area (Å²) >= 11 is 1.57. The molecule has 3 rings (SSSR count). The van der Waals surface area contributed by atoms with Gasteiger partial charge < -0.3 is 14.8 Å². The molecule has 2 aromatic carbocycles. The molecule has 0 radical (unpaired) electrons. The molecule has 5 nitrogen and oxygen atoms in total. The maximum absolute atomic E-state index is 12.4. The summed E-state index contributed by atoms with van der Waals surface area (Å²) < 4.78 is 10.3. The molecular weight excluding hydrogens is 386 g/mol. The number of carbonyl (C=O) groups is 2. The van der Waals surface area contributed by atoms with Crippen molar-refractivity contribution in [2.45, 2.75) is 18.9 Å². The zero-order valence-corrected chi connectivity index (χ0v) is 17.0. The molecule has 150 valence electrons. The highest BCUT2D eigenvalue weighted by Crippen LogP contribution is 2.25. The molecule has 1 aromatic heterocycles. The van der Waals surface area contributed by atoms with Gasteiger partial charge in [-0.3, -0.25) is 9.59 Å². The van der Waals surface area contributed by atoms with Gasteiger partial charge in [-0.05, 0) is 41.1 Å². The van der Waals surface area contributed by atoms with Crippen molar-refractivity contribution in [3.8, 4) is 5.75 Å². The van der Waals surface area contributed by atoms with Crippen molar-refractivity contribution in [3.05, 3.63) is 88.1 Å². The first kappa shape index (κ1) is 20.6. The van der Waals surface area contributed by atoms with Crippen LogP contribution in [0.5, 0.6) is 5.75 Å². The van der Waals surface area contributed by atoms with Gasteiger partial charge in [-0.1, -0.05) is 48.5 Å². The minimum absolute atomic E-state index is 0.215. The Labute approximate surface area is 174 Å². The number of thiophene rings is 1. The monoisotopic (exact) mass is 409 g/mol. The highest BCUT2D eigenvalue weighted by atomic mass is 32.1. The molecule has 29 heavy (non-hydrogen) atoms. The van der Waals surface area contributed by atoms with E-state index < -0.39 is 5.97 Å². The maximum atomic E-state index is 12.4. The van der Waals surface area contributed by atoms with E-state index in [1.165, 1.54) is 0 Å². The second-order valence-corrected chi connectivity index (χ2v) is 7.41. The Morgan fingerprint density at radius 3 is 2.41 bits per heavy atom. The molecule has 1 atom stereocenters. The molecule has 0 bridgehead atoms. The Hall–Kier alpha value is -3.12. The van der Waals surface area contributed by atoms with Crippen LogP contribution < -0.4 is 10.1 Å². The molecule has 0 aliphatic rings. The number of aryl methyl sites for hydroxylation is 1. The van der Waals surface area contributed by atoms with Gasteiger partial charge in [0.05, 0.1) is 13.2 Å². The van der Waals surface area contributed by atoms with Crippen LogP contribution in [0, 0.1) is 0 Å². The van der Waals surface area contributed by atoms with Gasteiger partial charge in [-0.15, -0.1) is 11.3 Å². The molecule has 0 spiro atoms. The number of carbonyl (C=O) groups excluding carboxylic acids is 2. The summed E-state index contributed by atoms with van der Waals surface area (Å²) in [5.41, 5.74) is 1.99. The van der Waals surface area contributed by atoms with E-state index in [-0.39, 0.29) is 25.0 Å². The Bertz CT molecular complexity index is 908. The number of rotatable bonds is 9. The number of nitrogens with one attached hydrogen (secondary N) is 1. The highest BCUT2D eigenvalue weighted by Gasteiger charge is 2.18. The van der Waals surface area contributed by atoms with Crippen molar-refractivity contribution in [2.75, 3.05) is 13.7 Å². The lowest BCUT2D eigenvalue weighted by Crippen LogP contribution is -2.32. The van der Waals surface area contributed by atoms with Crippen molar-refractivity contribution < 1.29 is 19.1 Å². The van der Waals surface area contributed by atoms with Crippen molar-refractivity contribution in [1.29, 1.82) is 0 Å². The van der Waals surface area contributed by atoms with E-state index in [4.69, 9.17) is 9.47 Å². The van der Waals surface area contributed by atoms with E-state index in [1.807, 2.05) is 72.1 Å². The maximum Gasteiger partial charge on any atom is 0.306 e. The molecule has 0 aliphatic carbocycles. The average Bonchev–Trinajstić information content (AvgIpc) is 3.30. The lowest BCUT2D eigenvalue weighted by Gasteiger charge is -2.18. The summed E-state index contributed by atoms with van der Waals surface area (Å²) in [6, 6.07) is 20.9. The van der Waals surface area contributed by atoms with E-state index in [9.17, 15) is 9.59 Å². The molecule has 0 saturated heterocycles. The number of benzene rings is 2. The summed E-state index contributed by atoms with van der Waals surface area (Å²) in [4.78, 5) is 25.4. The number of methoxy groups -OCH3 is 1. The van der Waals surface area contributed by atoms with Crippen molar-refractivity contribution in [2.24, 2.45) is 0 Å². The third-order valence-electron chi connectivity index (χ3n) is 4.41. The quantitative estimate of drug-likeness (QED) is 0.540. The molecule has 0 aliphatic heterocycles. The second-order valence-electron chi connectivity index (χ2n) is 6.44. The molecule has 0 saturated carbocycles. The minimum Gasteiger partial charge on any atom is -0.497 e. The fourth-order valence-corrected chi connectivity index (χ4v) is 3.68. The van der Waals surface area contributed by atoms with Crippen LogP contribution in [0.2, 0.25) is 0 Å². The molecule has 6 heteroatoms. The van der Waals surface area contributed by atoms with Gasteiger partial charge >= 0.3 is 5.97 Å². The fraction of sp³-hybridized carbons (Fsp3) is 0.217. The Kier molecular flexibility index (Phi) is 7.41. The average molecular weight is 410 g/mol. The number of ether oxygens (including phenoxy) is 2. The van der Waals surface area contributed by atoms with Gasteiger partial charge in [-0.2, -0.15) is 0 Å². The zero-order valence-electron chi connectivity index (χ0n) is 16.2. The molecular formula is C23H23NO4S. The van der Waals surface area contributed by atoms with E-state index in [1.54, 1.807) is 18.4 Å². The topological polar surface area (TPSA) is 64.6 Å². The Balaban J connectivity index is 1.49. The second kappa shape index (κ2) is 10.4. The fourth-order valence-electron chi connectivity index (χ4n) is 2.88. The highest BCUT2D eigenvalue weighted by molar-refractivity contribution is 7.10. The number of hydrogen-bond acceptors (Lipinski definition) is 5. The van der Waals surface area contributed by atoms with Crippen LogP contribution in [-0.2, 0) is 20.7 Å². The third kappa shape index (κ3) is 6.19. The van der Waals surface area contributed by atoms with Crippen molar-refractivity contribution in [1.82, 2.24) is 5.32 Å². The van der Waals surface area contributed by atoms with Crippen LogP contribution in [0.1, 0.15) is 28.5 Å². The first-order valence-electron chi connectivity index (χ1n) is 9.32. The minimum atomic E-state index is -0.400. The van der Waals surface area contributed by atoms with Crippen molar-refractivity contribution in [3.63, 3.8) is 0 Å². The smallest absolute Gasteiger partial charge is 0.306 e. The van der Waals surface area contributed by atoms with E-state index in [2.05, 4.69) is 5.32 Å². The van der Waals surface area contributed by atoms with E-state index in [0.29, 0.717) is 6.42 Å². The third-order valence-corrected chi connectivity index (χ3v) is 5.34. The molecule has 1 heterocycles. The van der Waals surface area contributed by atoms with Crippen LogP contribution >= 0.6 is 11.3 Å². The standard InChI is InChI=1S/C23H23NO4S/c1-27-19-12-9-17(10-13-19)11-14-22(26)28-16-21(25)24-23(20-8-5-15-29-20)18-6-3-2-4-7-18/h2-10,12-13,15,23H,11,14,16H2,1H3,(H,24,25)/t23-/m0/s1. The van der Waals surface area contributed by atoms with Gasteiger partial charge in [0.2, 0.25) is 0 Å². The summed E-state index contributed by atoms with van der Waals surface area (Å²) in [5, 5.41) is 4.93. The van der Waals surface area contributed by atoms with Crippen LogP contribution in [0.4, 0.5) is 0 Å². The predicted octanol–water partition coefficient (Wildman–Crippen LogP) is 4.14. The SMILES string of the molecule is COc1ccc(CCC(=O)OCC(=O)N[C@@H](c2ccccc2)c2cccs2)cc1. The summed E-state index contributed by atoms with van der Waals surface area (Å²) in [6.07, 6.45) is 0.763. The molecule has 1 N–H and O–H groups in total. The predicted molar refractivity (Wildman–Crippen MR) is 113 cm³/mol. The largest absolute Gasteiger partial charge is 0.497 e. The van der Waals surface area contributed by atoms with Crippen LogP contribution in [0.3, 0.4) is 0 Å². The van der Waals surface area contributed by atoms with Crippen molar-refractivity contribution >= 4 is 23.2 Å². The van der Waals surface area contributed by atoms with E-state index in [0.717, 1.165) is 21.8 Å². The van der Waals surface area contributed by atoms with Crippen LogP contribution in [0.15, 0.2) is 72.1 Å². The number of esters is 1. The molecule has 0 fully saturated rings. The number of hydrogen-bond donors (Lipinski definition) is 1. The van der Waals surface area contributed by atoms with Gasteiger partial charge in [0, 0.05) is 11.3 Å². The molecule has 0 unspecified atom stereocenters. The van der Waals surface area contributed by atoms with Crippen LogP contribution in [-0.4, -0.2) is 25.6 Å². The number of amides is 1. The van der Waals surface area contributed by atoms with Gasteiger partial charge in [0.1, 0.15) is 5.75 Å². The summed E-state index contributed by atoms with van der Waals surface area (Å²) in [5.74, 6) is 0.0418. The van der Waals surface area contributed by atoms with Gasteiger partial charge in [0.15, 0.2) is 6.61 Å². The first-order chi connectivity index (χ1) is 14.2. The molecule has 1 amide bonds. The Morgan fingerprint density at radius 2 is 1.76 bits per heavy atom. The van der Waals surface area contributed by atoms with Gasteiger partial charge in [-0.25, -0.2) is 0 Å². The van der Waals surface area contributed by atoms with E-state index >= 15 is 0 Å². The first-order valence-corrected chi connectivity index (χ1v) is 10.2. The lowest BCUT2D eigenvalue weighted by atomic mass is 10.1. The van der Waals surface area contributed by atoms with Gasteiger partial charge in [0.25, 0.3) is 5.91 Å².